The van der Waals surface area contributed by atoms with E-state index in [-0.39, 0.29) is 12.4 Å². The van der Waals surface area contributed by atoms with Gasteiger partial charge in [0.15, 0.2) is 0 Å². The van der Waals surface area contributed by atoms with Crippen LogP contribution in [0.3, 0.4) is 0 Å². The summed E-state index contributed by atoms with van der Waals surface area (Å²) in [7, 11) is -3.33. The molecule has 26 heavy (non-hydrogen) atoms. The molecule has 0 N–H and O–H groups in total. The first kappa shape index (κ1) is 18.6. The average molecular weight is 376 g/mol. The Balaban J connectivity index is 1.48. The highest BCUT2D eigenvalue weighted by atomic mass is 32.2. The lowest BCUT2D eigenvalue weighted by atomic mass is 10.2. The average Bonchev–Trinajstić information content (AvgIpc) is 2.69. The number of ether oxygens (including phenoxy) is 1. The van der Waals surface area contributed by atoms with E-state index in [2.05, 4.69) is 16.9 Å². The SMILES string of the molecule is CCc1ccc(OCCS(=O)(=O)N2CCN(c3ncccn3)CC2)cc1. The zero-order valence-electron chi connectivity index (χ0n) is 14.9. The zero-order chi connectivity index (χ0) is 18.4. The molecule has 0 spiro atoms. The Labute approximate surface area is 154 Å². The molecule has 2 aromatic rings. The summed E-state index contributed by atoms with van der Waals surface area (Å²) < 4.78 is 32.1. The summed E-state index contributed by atoms with van der Waals surface area (Å²) >= 11 is 0. The van der Waals surface area contributed by atoms with Crippen molar-refractivity contribution in [1.29, 1.82) is 0 Å². The van der Waals surface area contributed by atoms with E-state index in [0.29, 0.717) is 37.9 Å². The van der Waals surface area contributed by atoms with Crippen molar-refractivity contribution in [1.82, 2.24) is 14.3 Å². The van der Waals surface area contributed by atoms with Gasteiger partial charge in [0.05, 0.1) is 5.75 Å². The molecule has 1 aliphatic rings. The first-order valence-electron chi connectivity index (χ1n) is 8.80. The monoisotopic (exact) mass is 376 g/mol. The molecule has 2 heterocycles. The van der Waals surface area contributed by atoms with Crippen LogP contribution >= 0.6 is 0 Å². The summed E-state index contributed by atoms with van der Waals surface area (Å²) in [5.41, 5.74) is 1.23. The molecule has 8 heteroatoms. The van der Waals surface area contributed by atoms with Crippen LogP contribution in [0.1, 0.15) is 12.5 Å². The van der Waals surface area contributed by atoms with Crippen LogP contribution in [0.25, 0.3) is 0 Å². The molecule has 0 atom stereocenters. The number of aromatic nitrogens is 2. The van der Waals surface area contributed by atoms with Gasteiger partial charge in [-0.2, -0.15) is 4.31 Å². The van der Waals surface area contributed by atoms with Crippen molar-refractivity contribution in [3.63, 3.8) is 0 Å². The molecule has 0 unspecified atom stereocenters. The lowest BCUT2D eigenvalue weighted by Gasteiger charge is -2.33. The van der Waals surface area contributed by atoms with Crippen molar-refractivity contribution in [2.45, 2.75) is 13.3 Å². The van der Waals surface area contributed by atoms with Crippen LogP contribution in [0.2, 0.25) is 0 Å². The van der Waals surface area contributed by atoms with E-state index in [1.165, 1.54) is 9.87 Å². The number of hydrogen-bond acceptors (Lipinski definition) is 6. The maximum atomic E-state index is 12.5. The highest BCUT2D eigenvalue weighted by Gasteiger charge is 2.27. The molecule has 1 aromatic heterocycles. The van der Waals surface area contributed by atoms with Gasteiger partial charge in [-0.1, -0.05) is 19.1 Å². The number of aryl methyl sites for hydroxylation is 1. The predicted molar refractivity (Wildman–Crippen MR) is 101 cm³/mol. The third kappa shape index (κ3) is 4.70. The molecular weight excluding hydrogens is 352 g/mol. The van der Waals surface area contributed by atoms with Gasteiger partial charge in [0.25, 0.3) is 0 Å². The number of benzene rings is 1. The minimum absolute atomic E-state index is 0.0234. The molecular formula is C18H24N4O3S. The maximum Gasteiger partial charge on any atom is 0.225 e. The Bertz CT molecular complexity index is 789. The van der Waals surface area contributed by atoms with Crippen LogP contribution in [0.5, 0.6) is 5.75 Å². The van der Waals surface area contributed by atoms with Crippen LogP contribution in [0.15, 0.2) is 42.7 Å². The molecule has 140 valence electrons. The second-order valence-corrected chi connectivity index (χ2v) is 8.19. The lowest BCUT2D eigenvalue weighted by Crippen LogP contribution is -2.50. The summed E-state index contributed by atoms with van der Waals surface area (Å²) in [6, 6.07) is 9.51. The van der Waals surface area contributed by atoms with Gasteiger partial charge in [-0.3, -0.25) is 0 Å². The highest BCUT2D eigenvalue weighted by molar-refractivity contribution is 7.89. The van der Waals surface area contributed by atoms with E-state index in [4.69, 9.17) is 4.74 Å². The van der Waals surface area contributed by atoms with Gasteiger partial charge in [0.1, 0.15) is 12.4 Å². The minimum Gasteiger partial charge on any atom is -0.492 e. The van der Waals surface area contributed by atoms with Crippen LogP contribution < -0.4 is 9.64 Å². The second-order valence-electron chi connectivity index (χ2n) is 6.10. The van der Waals surface area contributed by atoms with Gasteiger partial charge >= 0.3 is 0 Å². The van der Waals surface area contributed by atoms with Gasteiger partial charge in [0.2, 0.25) is 16.0 Å². The fourth-order valence-corrected chi connectivity index (χ4v) is 4.11. The molecule has 0 bridgehead atoms. The molecule has 1 aliphatic heterocycles. The minimum atomic E-state index is -3.33. The second kappa shape index (κ2) is 8.46. The van der Waals surface area contributed by atoms with Crippen molar-refractivity contribution in [3.05, 3.63) is 48.3 Å². The Morgan fingerprint density at radius 2 is 1.69 bits per heavy atom. The van der Waals surface area contributed by atoms with Crippen LogP contribution in [-0.2, 0) is 16.4 Å². The topological polar surface area (TPSA) is 75.6 Å². The fraction of sp³-hybridized carbons (Fsp3) is 0.444. The largest absolute Gasteiger partial charge is 0.492 e. The van der Waals surface area contributed by atoms with E-state index in [1.54, 1.807) is 18.5 Å². The molecule has 0 radical (unpaired) electrons. The molecule has 3 rings (SSSR count). The number of anilines is 1. The van der Waals surface area contributed by atoms with Gasteiger partial charge < -0.3 is 9.64 Å². The highest BCUT2D eigenvalue weighted by Crippen LogP contribution is 2.15. The number of sulfonamides is 1. The van der Waals surface area contributed by atoms with Crippen LogP contribution in [0, 0.1) is 0 Å². The van der Waals surface area contributed by atoms with Gasteiger partial charge in [0, 0.05) is 38.6 Å². The molecule has 0 saturated carbocycles. The van der Waals surface area contributed by atoms with Crippen molar-refractivity contribution < 1.29 is 13.2 Å². The summed E-state index contributed by atoms with van der Waals surface area (Å²) in [6.45, 7) is 4.28. The van der Waals surface area contributed by atoms with Crippen molar-refractivity contribution in [2.24, 2.45) is 0 Å². The van der Waals surface area contributed by atoms with E-state index in [0.717, 1.165) is 6.42 Å². The smallest absolute Gasteiger partial charge is 0.225 e. The van der Waals surface area contributed by atoms with E-state index >= 15 is 0 Å². The summed E-state index contributed by atoms with van der Waals surface area (Å²) in [5, 5.41) is 0. The summed E-state index contributed by atoms with van der Waals surface area (Å²) in [4.78, 5) is 10.4. The fourth-order valence-electron chi connectivity index (χ4n) is 2.84. The maximum absolute atomic E-state index is 12.5. The van der Waals surface area contributed by atoms with Gasteiger partial charge in [-0.15, -0.1) is 0 Å². The first-order valence-corrected chi connectivity index (χ1v) is 10.4. The third-order valence-electron chi connectivity index (χ3n) is 4.41. The number of piperazine rings is 1. The molecule has 0 aliphatic carbocycles. The Hall–Kier alpha value is -2.19. The van der Waals surface area contributed by atoms with E-state index in [1.807, 2.05) is 29.2 Å². The predicted octanol–water partition coefficient (Wildman–Crippen LogP) is 1.57. The van der Waals surface area contributed by atoms with Gasteiger partial charge in [-0.05, 0) is 30.2 Å². The molecule has 1 fully saturated rings. The summed E-state index contributed by atoms with van der Waals surface area (Å²) in [5.74, 6) is 1.32. The number of hydrogen-bond donors (Lipinski definition) is 0. The molecule has 7 nitrogen and oxygen atoms in total. The normalized spacial score (nSPS) is 15.8. The molecule has 1 aromatic carbocycles. The standard InChI is InChI=1S/C18H24N4O3S/c1-2-16-4-6-17(7-5-16)25-14-15-26(23,24)22-12-10-21(11-13-22)18-19-8-3-9-20-18/h3-9H,2,10-15H2,1H3. The van der Waals surface area contributed by atoms with E-state index in [9.17, 15) is 8.42 Å². The third-order valence-corrected chi connectivity index (χ3v) is 6.24. The Morgan fingerprint density at radius 1 is 1.04 bits per heavy atom. The zero-order valence-corrected chi connectivity index (χ0v) is 15.7. The number of rotatable bonds is 7. The Morgan fingerprint density at radius 3 is 2.31 bits per heavy atom. The van der Waals surface area contributed by atoms with Crippen molar-refractivity contribution in [2.75, 3.05) is 43.4 Å². The van der Waals surface area contributed by atoms with Crippen molar-refractivity contribution in [3.8, 4) is 5.75 Å². The van der Waals surface area contributed by atoms with Crippen LogP contribution in [-0.4, -0.2) is 61.2 Å². The van der Waals surface area contributed by atoms with Gasteiger partial charge in [-0.25, -0.2) is 18.4 Å². The molecule has 0 amide bonds. The number of nitrogens with zero attached hydrogens (tertiary/aromatic N) is 4. The van der Waals surface area contributed by atoms with Crippen LogP contribution in [0.4, 0.5) is 5.95 Å². The quantitative estimate of drug-likeness (QED) is 0.730. The Kier molecular flexibility index (Phi) is 6.05. The first-order chi connectivity index (χ1) is 12.6. The van der Waals surface area contributed by atoms with E-state index < -0.39 is 10.0 Å². The summed E-state index contributed by atoms with van der Waals surface area (Å²) in [6.07, 6.45) is 4.35. The molecule has 1 saturated heterocycles. The lowest BCUT2D eigenvalue weighted by molar-refractivity contribution is 0.330. The van der Waals surface area contributed by atoms with Crippen molar-refractivity contribution >= 4 is 16.0 Å².